The molecule has 0 saturated carbocycles. The highest BCUT2D eigenvalue weighted by molar-refractivity contribution is 8.01. The van der Waals surface area contributed by atoms with Crippen molar-refractivity contribution in [3.63, 3.8) is 0 Å². The summed E-state index contributed by atoms with van der Waals surface area (Å²) < 4.78 is 28.8. The van der Waals surface area contributed by atoms with Gasteiger partial charge in [-0.05, 0) is 18.2 Å². The number of hydrogen-bond acceptors (Lipinski definition) is 7. The van der Waals surface area contributed by atoms with Crippen molar-refractivity contribution in [2.45, 2.75) is 9.24 Å². The first-order valence-corrected chi connectivity index (χ1v) is 10.5. The van der Waals surface area contributed by atoms with E-state index < -0.39 is 14.9 Å². The van der Waals surface area contributed by atoms with Crippen LogP contribution in [0.25, 0.3) is 10.2 Å². The molecule has 0 unspecified atom stereocenters. The normalized spacial score (nSPS) is 11.7. The number of nitrogens with one attached hydrogen (secondary N) is 1. The summed E-state index contributed by atoms with van der Waals surface area (Å²) in [6.45, 7) is 0.200. The molecule has 0 saturated heterocycles. The first-order chi connectivity index (χ1) is 12.0. The maximum atomic E-state index is 12.2. The van der Waals surface area contributed by atoms with Gasteiger partial charge in [0.1, 0.15) is 0 Å². The van der Waals surface area contributed by atoms with E-state index in [2.05, 4.69) is 9.71 Å². The molecule has 1 N–H and O–H groups in total. The predicted molar refractivity (Wildman–Crippen MR) is 98.6 cm³/mol. The molecule has 0 amide bonds. The van der Waals surface area contributed by atoms with Crippen LogP contribution in [0.4, 0.5) is 5.69 Å². The minimum absolute atomic E-state index is 0.119. The fourth-order valence-corrected chi connectivity index (χ4v) is 5.27. The van der Waals surface area contributed by atoms with Crippen molar-refractivity contribution < 1.29 is 13.3 Å². The lowest BCUT2D eigenvalue weighted by molar-refractivity contribution is -0.385. The van der Waals surface area contributed by atoms with Crippen LogP contribution in [0, 0.1) is 10.1 Å². The summed E-state index contributed by atoms with van der Waals surface area (Å²) in [5, 5.41) is 10.8. The summed E-state index contributed by atoms with van der Waals surface area (Å²) >= 11 is 3.02. The summed E-state index contributed by atoms with van der Waals surface area (Å²) in [6.07, 6.45) is 0. The molecule has 0 fully saturated rings. The number of para-hydroxylation sites is 1. The first-order valence-electron chi connectivity index (χ1n) is 7.18. The van der Waals surface area contributed by atoms with Gasteiger partial charge in [-0.15, -0.1) is 11.3 Å². The molecular formula is C15H13N3O4S3. The van der Waals surface area contributed by atoms with Gasteiger partial charge in [0.05, 0.1) is 20.0 Å². The molecule has 1 heterocycles. The second kappa shape index (κ2) is 7.48. The molecule has 0 spiro atoms. The highest BCUT2D eigenvalue weighted by atomic mass is 32.2. The molecule has 130 valence electrons. The van der Waals surface area contributed by atoms with Crippen LogP contribution >= 0.6 is 23.1 Å². The van der Waals surface area contributed by atoms with E-state index in [0.717, 1.165) is 20.6 Å². The van der Waals surface area contributed by atoms with Crippen LogP contribution in [0.2, 0.25) is 0 Å². The third kappa shape index (κ3) is 4.34. The number of hydrogen-bond donors (Lipinski definition) is 1. The van der Waals surface area contributed by atoms with Crippen LogP contribution in [0.15, 0.2) is 57.8 Å². The van der Waals surface area contributed by atoms with Crippen molar-refractivity contribution in [1.82, 2.24) is 9.71 Å². The lowest BCUT2D eigenvalue weighted by atomic mass is 10.3. The maximum Gasteiger partial charge on any atom is 0.270 e. The summed E-state index contributed by atoms with van der Waals surface area (Å²) in [5.41, 5.74) is 0.666. The summed E-state index contributed by atoms with van der Waals surface area (Å²) in [7, 11) is -3.78. The van der Waals surface area contributed by atoms with Crippen LogP contribution in [0.1, 0.15) is 0 Å². The van der Waals surface area contributed by atoms with E-state index in [4.69, 9.17) is 0 Å². The summed E-state index contributed by atoms with van der Waals surface area (Å²) in [5.74, 6) is 0.508. The zero-order valence-electron chi connectivity index (χ0n) is 12.8. The van der Waals surface area contributed by atoms with E-state index >= 15 is 0 Å². The van der Waals surface area contributed by atoms with Gasteiger partial charge in [-0.3, -0.25) is 10.1 Å². The Morgan fingerprint density at radius 2 is 2.00 bits per heavy atom. The van der Waals surface area contributed by atoms with Gasteiger partial charge >= 0.3 is 0 Å². The van der Waals surface area contributed by atoms with E-state index in [1.165, 1.54) is 30.0 Å². The zero-order chi connectivity index (χ0) is 17.9. The average Bonchev–Trinajstić information content (AvgIpc) is 3.01. The molecule has 0 atom stereocenters. The van der Waals surface area contributed by atoms with Crippen molar-refractivity contribution in [2.75, 3.05) is 12.3 Å². The number of non-ortho nitro benzene ring substituents is 1. The maximum absolute atomic E-state index is 12.2. The van der Waals surface area contributed by atoms with Gasteiger partial charge < -0.3 is 0 Å². The molecule has 3 rings (SSSR count). The molecule has 3 aromatic rings. The third-order valence-electron chi connectivity index (χ3n) is 3.23. The van der Waals surface area contributed by atoms with Crippen LogP contribution in [-0.4, -0.2) is 30.6 Å². The van der Waals surface area contributed by atoms with Gasteiger partial charge in [0.25, 0.3) is 5.69 Å². The Balaban J connectivity index is 1.59. The number of benzene rings is 2. The Bertz CT molecular complexity index is 985. The largest absolute Gasteiger partial charge is 0.270 e. The monoisotopic (exact) mass is 395 g/mol. The van der Waals surface area contributed by atoms with Gasteiger partial charge in [0.15, 0.2) is 4.34 Å². The van der Waals surface area contributed by atoms with Crippen molar-refractivity contribution in [3.8, 4) is 0 Å². The Kier molecular flexibility index (Phi) is 5.33. The second-order valence-electron chi connectivity index (χ2n) is 4.95. The summed E-state index contributed by atoms with van der Waals surface area (Å²) in [6, 6.07) is 12.8. The Morgan fingerprint density at radius 3 is 2.76 bits per heavy atom. The Morgan fingerprint density at radius 1 is 1.20 bits per heavy atom. The molecule has 0 bridgehead atoms. The second-order valence-corrected chi connectivity index (χ2v) is 9.09. The Hall–Kier alpha value is -2.01. The predicted octanol–water partition coefficient (Wildman–Crippen LogP) is 3.28. The first kappa shape index (κ1) is 17.8. The number of thioether (sulfide) groups is 1. The fraction of sp³-hybridized carbons (Fsp3) is 0.133. The minimum atomic E-state index is -3.78. The number of nitro benzene ring substituents is 1. The van der Waals surface area contributed by atoms with Crippen LogP contribution in [0.5, 0.6) is 0 Å². The van der Waals surface area contributed by atoms with Crippen LogP contribution in [0.3, 0.4) is 0 Å². The summed E-state index contributed by atoms with van der Waals surface area (Å²) in [4.78, 5) is 14.5. The molecule has 1 aromatic heterocycles. The van der Waals surface area contributed by atoms with Gasteiger partial charge in [-0.25, -0.2) is 18.1 Å². The minimum Gasteiger partial charge on any atom is -0.258 e. The highest BCUT2D eigenvalue weighted by Crippen LogP contribution is 2.29. The average molecular weight is 395 g/mol. The van der Waals surface area contributed by atoms with Crippen molar-refractivity contribution in [3.05, 3.63) is 58.6 Å². The number of aromatic nitrogens is 1. The third-order valence-corrected chi connectivity index (χ3v) is 6.87. The topological polar surface area (TPSA) is 102 Å². The number of nitro groups is 1. The van der Waals surface area contributed by atoms with Crippen LogP contribution in [-0.2, 0) is 10.0 Å². The number of sulfonamides is 1. The van der Waals surface area contributed by atoms with Crippen molar-refractivity contribution in [2.24, 2.45) is 0 Å². The molecule has 10 heteroatoms. The van der Waals surface area contributed by atoms with Crippen molar-refractivity contribution >= 4 is 49.0 Å². The number of fused-ring (bicyclic) bond motifs is 1. The SMILES string of the molecule is O=[N+]([O-])c1cccc(S(=O)(=O)NCCSc2nc3ccccc3s2)c1. The van der Waals surface area contributed by atoms with E-state index in [1.54, 1.807) is 11.3 Å². The van der Waals surface area contributed by atoms with E-state index in [0.29, 0.717) is 5.75 Å². The Labute approximate surface area is 152 Å². The van der Waals surface area contributed by atoms with Crippen LogP contribution < -0.4 is 4.72 Å². The standard InChI is InChI=1S/C15H13N3O4S3/c19-18(20)11-4-3-5-12(10-11)25(21,22)16-8-9-23-15-17-13-6-1-2-7-14(13)24-15/h1-7,10,16H,8-9H2. The lowest BCUT2D eigenvalue weighted by Crippen LogP contribution is -2.26. The molecule has 0 aliphatic heterocycles. The number of nitrogens with zero attached hydrogens (tertiary/aromatic N) is 2. The molecule has 0 aliphatic carbocycles. The highest BCUT2D eigenvalue weighted by Gasteiger charge is 2.17. The van der Waals surface area contributed by atoms with E-state index in [1.807, 2.05) is 24.3 Å². The van der Waals surface area contributed by atoms with Gasteiger partial charge in [0, 0.05) is 24.4 Å². The molecule has 0 radical (unpaired) electrons. The molecule has 2 aromatic carbocycles. The van der Waals surface area contributed by atoms with Gasteiger partial charge in [-0.2, -0.15) is 0 Å². The molecule has 7 nitrogen and oxygen atoms in total. The number of thiazole rings is 1. The lowest BCUT2D eigenvalue weighted by Gasteiger charge is -2.05. The van der Waals surface area contributed by atoms with Crippen molar-refractivity contribution in [1.29, 1.82) is 0 Å². The molecule has 0 aliphatic rings. The quantitative estimate of drug-likeness (QED) is 0.285. The van der Waals surface area contributed by atoms with Gasteiger partial charge in [-0.1, -0.05) is 30.0 Å². The fourth-order valence-electron chi connectivity index (χ4n) is 2.07. The molecular weight excluding hydrogens is 382 g/mol. The smallest absolute Gasteiger partial charge is 0.258 e. The molecule has 25 heavy (non-hydrogen) atoms. The van der Waals surface area contributed by atoms with Gasteiger partial charge in [0.2, 0.25) is 10.0 Å². The van der Waals surface area contributed by atoms with E-state index in [9.17, 15) is 18.5 Å². The number of rotatable bonds is 7. The zero-order valence-corrected chi connectivity index (χ0v) is 15.2. The van der Waals surface area contributed by atoms with E-state index in [-0.39, 0.29) is 17.1 Å².